The summed E-state index contributed by atoms with van der Waals surface area (Å²) in [4.78, 5) is 21.7. The maximum Gasteiger partial charge on any atom is 0.352 e. The van der Waals surface area contributed by atoms with Crippen molar-refractivity contribution < 1.29 is 14.3 Å². The Balaban J connectivity index is 1.92. The third kappa shape index (κ3) is 2.94. The van der Waals surface area contributed by atoms with E-state index in [4.69, 9.17) is 0 Å². The van der Waals surface area contributed by atoms with Crippen molar-refractivity contribution in [2.45, 2.75) is 26.7 Å². The molecule has 5 rings (SSSR count). The molecule has 0 saturated carbocycles. The van der Waals surface area contributed by atoms with Crippen molar-refractivity contribution in [3.8, 4) is 22.4 Å². The molecule has 5 nitrogen and oxygen atoms in total. The van der Waals surface area contributed by atoms with Crippen LogP contribution in [-0.2, 0) is 0 Å². The smallest absolute Gasteiger partial charge is 0.352 e. The third-order valence-electron chi connectivity index (χ3n) is 5.82. The fraction of sp³-hybridized carbons (Fsp3) is 0.160. The van der Waals surface area contributed by atoms with E-state index in [2.05, 4.69) is 15.0 Å². The third-order valence-corrected chi connectivity index (χ3v) is 5.82. The highest BCUT2D eigenvalue weighted by Crippen LogP contribution is 2.44. The molecule has 0 bridgehead atoms. The van der Waals surface area contributed by atoms with Crippen LogP contribution in [0.2, 0.25) is 0 Å². The molecule has 5 aromatic rings. The van der Waals surface area contributed by atoms with Crippen molar-refractivity contribution >= 4 is 27.8 Å². The van der Waals surface area contributed by atoms with E-state index in [1.165, 1.54) is 12.1 Å². The lowest BCUT2D eigenvalue weighted by atomic mass is 9.88. The standard InChI is InChI=1S/C25H22FN3O2/c1-12(2)21-22(17-8-13(3)9-19-15(17)4-6-27-19)24(25(30)31)29-23(21)18-10-14(26)11-20-16(18)5-7-28-20/h4-12,27-29H,1-3H3,(H,30,31). The Morgan fingerprint density at radius 1 is 0.968 bits per heavy atom. The molecule has 2 aromatic carbocycles. The molecule has 0 aliphatic rings. The molecule has 0 fully saturated rings. The van der Waals surface area contributed by atoms with Gasteiger partial charge in [-0.1, -0.05) is 19.9 Å². The molecular weight excluding hydrogens is 393 g/mol. The molecule has 6 heteroatoms. The average molecular weight is 415 g/mol. The first-order valence-electron chi connectivity index (χ1n) is 10.2. The second kappa shape index (κ2) is 6.87. The first-order valence-corrected chi connectivity index (χ1v) is 10.2. The molecule has 3 heterocycles. The average Bonchev–Trinajstić information content (AvgIpc) is 3.43. The van der Waals surface area contributed by atoms with Crippen LogP contribution in [0.5, 0.6) is 0 Å². The number of fused-ring (bicyclic) bond motifs is 2. The minimum absolute atomic E-state index is 0.00103. The number of halogens is 1. The molecule has 0 saturated heterocycles. The Bertz CT molecular complexity index is 1470. The largest absolute Gasteiger partial charge is 0.477 e. The summed E-state index contributed by atoms with van der Waals surface area (Å²) in [6, 6.07) is 10.8. The molecule has 31 heavy (non-hydrogen) atoms. The van der Waals surface area contributed by atoms with E-state index in [1.54, 1.807) is 6.20 Å². The number of aromatic nitrogens is 3. The van der Waals surface area contributed by atoms with Crippen LogP contribution in [0.25, 0.3) is 44.2 Å². The molecule has 0 aliphatic carbocycles. The van der Waals surface area contributed by atoms with Gasteiger partial charge in [-0.05, 0) is 59.9 Å². The van der Waals surface area contributed by atoms with Crippen LogP contribution < -0.4 is 0 Å². The maximum absolute atomic E-state index is 14.4. The highest BCUT2D eigenvalue weighted by atomic mass is 19.1. The van der Waals surface area contributed by atoms with E-state index < -0.39 is 5.97 Å². The topological polar surface area (TPSA) is 84.7 Å². The van der Waals surface area contributed by atoms with E-state index >= 15 is 0 Å². The molecule has 4 N–H and O–H groups in total. The van der Waals surface area contributed by atoms with Crippen LogP contribution in [0.1, 0.15) is 41.4 Å². The summed E-state index contributed by atoms with van der Waals surface area (Å²) in [5.41, 5.74) is 6.39. The lowest BCUT2D eigenvalue weighted by Gasteiger charge is -2.14. The monoisotopic (exact) mass is 415 g/mol. The van der Waals surface area contributed by atoms with Crippen molar-refractivity contribution in [1.29, 1.82) is 0 Å². The lowest BCUT2D eigenvalue weighted by molar-refractivity contribution is 0.0692. The lowest BCUT2D eigenvalue weighted by Crippen LogP contribution is -2.00. The summed E-state index contributed by atoms with van der Waals surface area (Å²) in [6.45, 7) is 6.04. The minimum Gasteiger partial charge on any atom is -0.477 e. The number of carbonyl (C=O) groups is 1. The normalized spacial score (nSPS) is 11.8. The summed E-state index contributed by atoms with van der Waals surface area (Å²) < 4.78 is 14.4. The van der Waals surface area contributed by atoms with Crippen LogP contribution >= 0.6 is 0 Å². The molecule has 0 radical (unpaired) electrons. The van der Waals surface area contributed by atoms with Gasteiger partial charge in [0.2, 0.25) is 0 Å². The summed E-state index contributed by atoms with van der Waals surface area (Å²) >= 11 is 0. The predicted molar refractivity (Wildman–Crippen MR) is 121 cm³/mol. The van der Waals surface area contributed by atoms with Gasteiger partial charge in [0.25, 0.3) is 0 Å². The van der Waals surface area contributed by atoms with Gasteiger partial charge in [-0.15, -0.1) is 0 Å². The van der Waals surface area contributed by atoms with Gasteiger partial charge in [0.1, 0.15) is 11.5 Å². The second-order valence-electron chi connectivity index (χ2n) is 8.27. The number of rotatable bonds is 4. The Morgan fingerprint density at radius 3 is 2.26 bits per heavy atom. The number of hydrogen-bond acceptors (Lipinski definition) is 1. The van der Waals surface area contributed by atoms with Crippen LogP contribution in [0.3, 0.4) is 0 Å². The van der Waals surface area contributed by atoms with Gasteiger partial charge in [-0.25, -0.2) is 9.18 Å². The van der Waals surface area contributed by atoms with Crippen LogP contribution in [0.4, 0.5) is 4.39 Å². The van der Waals surface area contributed by atoms with Gasteiger partial charge in [-0.3, -0.25) is 0 Å². The first kappa shape index (κ1) is 19.2. The second-order valence-corrected chi connectivity index (χ2v) is 8.27. The van der Waals surface area contributed by atoms with Gasteiger partial charge >= 0.3 is 5.97 Å². The molecular formula is C25H22FN3O2. The van der Waals surface area contributed by atoms with Gasteiger partial charge < -0.3 is 20.1 Å². The number of benzene rings is 2. The zero-order valence-corrected chi connectivity index (χ0v) is 17.4. The van der Waals surface area contributed by atoms with Crippen molar-refractivity contribution in [1.82, 2.24) is 15.0 Å². The zero-order valence-electron chi connectivity index (χ0n) is 17.4. The van der Waals surface area contributed by atoms with Crippen molar-refractivity contribution in [2.24, 2.45) is 0 Å². The van der Waals surface area contributed by atoms with Gasteiger partial charge in [0.15, 0.2) is 0 Å². The van der Waals surface area contributed by atoms with Gasteiger partial charge in [0, 0.05) is 45.3 Å². The number of aromatic carboxylic acids is 1. The molecule has 156 valence electrons. The highest BCUT2D eigenvalue weighted by molar-refractivity contribution is 6.07. The number of nitrogens with one attached hydrogen (secondary N) is 3. The minimum atomic E-state index is -1.05. The summed E-state index contributed by atoms with van der Waals surface area (Å²) in [7, 11) is 0. The molecule has 3 aromatic heterocycles. The zero-order chi connectivity index (χ0) is 21.9. The molecule has 0 unspecified atom stereocenters. The predicted octanol–water partition coefficient (Wildman–Crippen LogP) is 6.58. The SMILES string of the molecule is Cc1cc(-c2c(C(=O)O)[nH]c(-c3cc(F)cc4[nH]ccc34)c2C(C)C)c2cc[nH]c2c1. The summed E-state index contributed by atoms with van der Waals surface area (Å²) in [6.07, 6.45) is 3.61. The number of H-pyrrole nitrogens is 3. The number of hydrogen-bond donors (Lipinski definition) is 4. The van der Waals surface area contributed by atoms with Crippen molar-refractivity contribution in [2.75, 3.05) is 0 Å². The van der Waals surface area contributed by atoms with E-state index in [0.717, 1.165) is 33.0 Å². The Labute approximate surface area is 177 Å². The van der Waals surface area contributed by atoms with Gasteiger partial charge in [0.05, 0.1) is 5.69 Å². The van der Waals surface area contributed by atoms with E-state index in [-0.39, 0.29) is 17.4 Å². The van der Waals surface area contributed by atoms with Crippen LogP contribution in [0.15, 0.2) is 48.8 Å². The fourth-order valence-electron chi connectivity index (χ4n) is 4.60. The van der Waals surface area contributed by atoms with Crippen LogP contribution in [-0.4, -0.2) is 26.0 Å². The van der Waals surface area contributed by atoms with Crippen molar-refractivity contribution in [3.05, 3.63) is 71.4 Å². The van der Waals surface area contributed by atoms with E-state index in [1.807, 2.05) is 51.2 Å². The number of carboxylic acids is 1. The molecule has 0 aliphatic heterocycles. The highest BCUT2D eigenvalue weighted by Gasteiger charge is 2.28. The Hall–Kier alpha value is -3.80. The molecule has 0 atom stereocenters. The first-order chi connectivity index (χ1) is 14.8. The Morgan fingerprint density at radius 2 is 1.61 bits per heavy atom. The van der Waals surface area contributed by atoms with E-state index in [0.29, 0.717) is 22.3 Å². The van der Waals surface area contributed by atoms with E-state index in [9.17, 15) is 14.3 Å². The number of aromatic amines is 3. The molecule has 0 spiro atoms. The maximum atomic E-state index is 14.4. The Kier molecular flexibility index (Phi) is 4.25. The fourth-order valence-corrected chi connectivity index (χ4v) is 4.60. The number of aryl methyl sites for hydroxylation is 1. The van der Waals surface area contributed by atoms with Gasteiger partial charge in [-0.2, -0.15) is 0 Å². The molecule has 0 amide bonds. The summed E-state index contributed by atoms with van der Waals surface area (Å²) in [5.74, 6) is -1.42. The quantitative estimate of drug-likeness (QED) is 0.267. The summed E-state index contributed by atoms with van der Waals surface area (Å²) in [5, 5.41) is 11.9. The van der Waals surface area contributed by atoms with Crippen molar-refractivity contribution in [3.63, 3.8) is 0 Å². The number of carboxylic acid groups (broad SMARTS) is 1. The van der Waals surface area contributed by atoms with Crippen LogP contribution in [0, 0.1) is 12.7 Å².